The molecule has 2 N–H and O–H groups in total. The Labute approximate surface area is 283 Å². The summed E-state index contributed by atoms with van der Waals surface area (Å²) in [4.78, 5) is 54.6. The molecular formula is C38H34N8O3. The summed E-state index contributed by atoms with van der Waals surface area (Å²) in [5.41, 5.74) is 4.71. The SMILES string of the molecule is O=C(c1cccnc1)N1CCC[C@H]1c1nc(-c2cccc(Oc3ccc(-c4cnc([C@@H]5CCCN5C(=O)c5cccnc5)[nH]4)cc3)c2)c[nH]1. The number of aromatic nitrogens is 6. The normalized spacial score (nSPS) is 17.4. The van der Waals surface area contributed by atoms with Crippen LogP contribution in [0.25, 0.3) is 22.5 Å². The van der Waals surface area contributed by atoms with Gasteiger partial charge in [-0.3, -0.25) is 19.6 Å². The number of hydrogen-bond donors (Lipinski definition) is 2. The molecule has 2 amide bonds. The lowest BCUT2D eigenvalue weighted by atomic mass is 10.1. The quantitative estimate of drug-likeness (QED) is 0.181. The number of carbonyl (C=O) groups is 2. The summed E-state index contributed by atoms with van der Waals surface area (Å²) >= 11 is 0. The highest BCUT2D eigenvalue weighted by atomic mass is 16.5. The number of benzene rings is 2. The molecule has 8 rings (SSSR count). The number of imidazole rings is 2. The second kappa shape index (κ2) is 13.2. The van der Waals surface area contributed by atoms with Gasteiger partial charge in [0.2, 0.25) is 0 Å². The molecular weight excluding hydrogens is 616 g/mol. The van der Waals surface area contributed by atoms with Crippen molar-refractivity contribution in [3.8, 4) is 34.0 Å². The minimum absolute atomic E-state index is 0.0272. The second-order valence-corrected chi connectivity index (χ2v) is 12.3. The van der Waals surface area contributed by atoms with Crippen LogP contribution in [0.15, 0.2) is 110 Å². The molecule has 244 valence electrons. The summed E-state index contributed by atoms with van der Waals surface area (Å²) in [6, 6.07) is 22.6. The maximum atomic E-state index is 13.2. The minimum atomic E-state index is -0.114. The van der Waals surface area contributed by atoms with Crippen LogP contribution in [0.5, 0.6) is 11.5 Å². The van der Waals surface area contributed by atoms with E-state index in [1.165, 1.54) is 0 Å². The molecule has 2 aliphatic heterocycles. The first kappa shape index (κ1) is 30.2. The van der Waals surface area contributed by atoms with Crippen LogP contribution in [0.1, 0.15) is 70.1 Å². The van der Waals surface area contributed by atoms with E-state index in [1.807, 2.05) is 70.7 Å². The molecule has 11 heteroatoms. The lowest BCUT2D eigenvalue weighted by Crippen LogP contribution is -2.31. The molecule has 0 bridgehead atoms. The summed E-state index contributed by atoms with van der Waals surface area (Å²) in [6.07, 6.45) is 13.8. The lowest BCUT2D eigenvalue weighted by Gasteiger charge is -2.23. The Hall–Kier alpha value is -6.10. The van der Waals surface area contributed by atoms with Gasteiger partial charge in [-0.25, -0.2) is 9.97 Å². The van der Waals surface area contributed by atoms with Crippen molar-refractivity contribution in [2.45, 2.75) is 37.8 Å². The van der Waals surface area contributed by atoms with Crippen molar-refractivity contribution < 1.29 is 14.3 Å². The average molecular weight is 651 g/mol. The Morgan fingerprint density at radius 1 is 0.714 bits per heavy atom. The first-order valence-corrected chi connectivity index (χ1v) is 16.5. The Morgan fingerprint density at radius 3 is 2.04 bits per heavy atom. The fourth-order valence-corrected chi connectivity index (χ4v) is 6.76. The molecule has 2 aromatic carbocycles. The van der Waals surface area contributed by atoms with Crippen molar-refractivity contribution in [1.82, 2.24) is 39.7 Å². The number of carbonyl (C=O) groups excluding carboxylic acids is 2. The van der Waals surface area contributed by atoms with Crippen LogP contribution in [-0.4, -0.2) is 64.6 Å². The molecule has 2 fully saturated rings. The highest BCUT2D eigenvalue weighted by Crippen LogP contribution is 2.35. The van der Waals surface area contributed by atoms with E-state index in [-0.39, 0.29) is 23.9 Å². The van der Waals surface area contributed by atoms with Crippen molar-refractivity contribution in [2.75, 3.05) is 13.1 Å². The lowest BCUT2D eigenvalue weighted by molar-refractivity contribution is 0.0722. The molecule has 0 saturated carbocycles. The van der Waals surface area contributed by atoms with Gasteiger partial charge in [0.15, 0.2) is 0 Å². The van der Waals surface area contributed by atoms with E-state index in [1.54, 1.807) is 49.1 Å². The largest absolute Gasteiger partial charge is 0.457 e. The second-order valence-electron chi connectivity index (χ2n) is 12.3. The fourth-order valence-electron chi connectivity index (χ4n) is 6.76. The first-order valence-electron chi connectivity index (χ1n) is 16.5. The predicted octanol–water partition coefficient (Wildman–Crippen LogP) is 7.00. The number of H-pyrrole nitrogens is 2. The third-order valence-electron chi connectivity index (χ3n) is 9.20. The van der Waals surface area contributed by atoms with Crippen LogP contribution < -0.4 is 4.74 Å². The third-order valence-corrected chi connectivity index (χ3v) is 9.20. The molecule has 2 atom stereocenters. The Kier molecular flexibility index (Phi) is 8.14. The van der Waals surface area contributed by atoms with E-state index in [0.717, 1.165) is 59.8 Å². The zero-order valence-corrected chi connectivity index (χ0v) is 26.7. The van der Waals surface area contributed by atoms with Crippen molar-refractivity contribution in [2.24, 2.45) is 0 Å². The van der Waals surface area contributed by atoms with Crippen molar-refractivity contribution >= 4 is 11.8 Å². The zero-order valence-electron chi connectivity index (χ0n) is 26.7. The Balaban J connectivity index is 0.931. The van der Waals surface area contributed by atoms with E-state index in [4.69, 9.17) is 9.72 Å². The van der Waals surface area contributed by atoms with Crippen LogP contribution >= 0.6 is 0 Å². The van der Waals surface area contributed by atoms with Gasteiger partial charge in [0.05, 0.1) is 40.8 Å². The molecule has 0 aliphatic carbocycles. The maximum Gasteiger partial charge on any atom is 0.256 e. The van der Waals surface area contributed by atoms with Crippen molar-refractivity contribution in [3.05, 3.63) is 133 Å². The fraction of sp³-hybridized carbons (Fsp3) is 0.211. The summed E-state index contributed by atoms with van der Waals surface area (Å²) in [5.74, 6) is 2.88. The van der Waals surface area contributed by atoms with Gasteiger partial charge >= 0.3 is 0 Å². The van der Waals surface area contributed by atoms with Crippen molar-refractivity contribution in [1.29, 1.82) is 0 Å². The first-order chi connectivity index (χ1) is 24.1. The number of nitrogens with one attached hydrogen (secondary N) is 2. The van der Waals surface area contributed by atoms with Gasteiger partial charge in [0.25, 0.3) is 11.8 Å². The molecule has 4 aromatic heterocycles. The van der Waals surface area contributed by atoms with Crippen LogP contribution in [0, 0.1) is 0 Å². The summed E-state index contributed by atoms with van der Waals surface area (Å²) in [5, 5.41) is 0. The summed E-state index contributed by atoms with van der Waals surface area (Å²) < 4.78 is 6.23. The van der Waals surface area contributed by atoms with E-state index in [0.29, 0.717) is 35.7 Å². The standard InChI is InChI=1S/C38H34N8O3/c47-37(27-7-2-16-39-21-27)45-18-4-10-33(45)35-41-23-31(43-35)25-12-14-29(15-13-25)49-30-9-1-6-26(20-30)32-24-42-36(44-32)34-11-5-19-46(34)38(48)28-8-3-17-40-22-28/h1-3,6-9,12-17,20-24,33-34H,4-5,10-11,18-19H2,(H,41,43)(H,42,44)/t33-,34-/m0/s1. The third kappa shape index (κ3) is 6.18. The van der Waals surface area contributed by atoms with Gasteiger partial charge in [-0.1, -0.05) is 12.1 Å². The molecule has 6 aromatic rings. The molecule has 2 aliphatic rings. The highest BCUT2D eigenvalue weighted by Gasteiger charge is 2.34. The Morgan fingerprint density at radius 2 is 1.39 bits per heavy atom. The number of nitrogens with zero attached hydrogens (tertiary/aromatic N) is 6. The van der Waals surface area contributed by atoms with Crippen LogP contribution in [0.3, 0.4) is 0 Å². The van der Waals surface area contributed by atoms with Gasteiger partial charge in [-0.2, -0.15) is 0 Å². The molecule has 2 saturated heterocycles. The minimum Gasteiger partial charge on any atom is -0.457 e. The van der Waals surface area contributed by atoms with E-state index >= 15 is 0 Å². The van der Waals surface area contributed by atoms with Gasteiger partial charge in [-0.15, -0.1) is 0 Å². The molecule has 0 radical (unpaired) electrons. The van der Waals surface area contributed by atoms with Crippen molar-refractivity contribution in [3.63, 3.8) is 0 Å². The van der Waals surface area contributed by atoms with Crippen LogP contribution in [0.2, 0.25) is 0 Å². The highest BCUT2D eigenvalue weighted by molar-refractivity contribution is 5.94. The maximum absolute atomic E-state index is 13.2. The molecule has 0 spiro atoms. The van der Waals surface area contributed by atoms with E-state index < -0.39 is 0 Å². The molecule has 6 heterocycles. The number of hydrogen-bond acceptors (Lipinski definition) is 7. The van der Waals surface area contributed by atoms with E-state index in [2.05, 4.69) is 24.9 Å². The van der Waals surface area contributed by atoms with Crippen LogP contribution in [-0.2, 0) is 0 Å². The number of ether oxygens (including phenoxy) is 1. The predicted molar refractivity (Wildman–Crippen MR) is 183 cm³/mol. The summed E-state index contributed by atoms with van der Waals surface area (Å²) in [6.45, 7) is 1.38. The van der Waals surface area contributed by atoms with Gasteiger partial charge in [0, 0.05) is 49.6 Å². The van der Waals surface area contributed by atoms with E-state index in [9.17, 15) is 9.59 Å². The Bertz CT molecular complexity index is 2080. The number of rotatable bonds is 8. The molecule has 49 heavy (non-hydrogen) atoms. The molecule has 0 unspecified atom stereocenters. The number of amides is 2. The van der Waals surface area contributed by atoms with Gasteiger partial charge in [-0.05, 0) is 91.9 Å². The monoisotopic (exact) mass is 650 g/mol. The average Bonchev–Trinajstić information content (AvgIpc) is 3.99. The number of likely N-dealkylation sites (tertiary alicyclic amines) is 2. The number of pyridine rings is 2. The smallest absolute Gasteiger partial charge is 0.256 e. The summed E-state index contributed by atoms with van der Waals surface area (Å²) in [7, 11) is 0. The molecule has 11 nitrogen and oxygen atoms in total. The van der Waals surface area contributed by atoms with Gasteiger partial charge < -0.3 is 24.5 Å². The zero-order chi connectivity index (χ0) is 33.2. The van der Waals surface area contributed by atoms with Crippen LogP contribution in [0.4, 0.5) is 0 Å². The topological polar surface area (TPSA) is 133 Å². The van der Waals surface area contributed by atoms with Gasteiger partial charge in [0.1, 0.15) is 23.1 Å². The number of aromatic amines is 2.